The van der Waals surface area contributed by atoms with E-state index in [-0.39, 0.29) is 17.9 Å². The molecule has 1 atom stereocenters. The number of alkyl halides is 1. The first kappa shape index (κ1) is 15.7. The minimum Gasteiger partial charge on any atom is -0.484 e. The van der Waals surface area contributed by atoms with Crippen LogP contribution in [0.5, 0.6) is 5.75 Å². The SMILES string of the molecule is O=C(COc1cccc(Cl)c1)NCC(Cl)c1ccccc1. The first-order chi connectivity index (χ1) is 10.1. The molecule has 0 fully saturated rings. The van der Waals surface area contributed by atoms with Crippen molar-refractivity contribution in [1.82, 2.24) is 5.32 Å². The van der Waals surface area contributed by atoms with Crippen molar-refractivity contribution >= 4 is 29.1 Å². The molecule has 2 aromatic rings. The first-order valence-corrected chi connectivity index (χ1v) is 7.30. The lowest BCUT2D eigenvalue weighted by Gasteiger charge is -2.12. The van der Waals surface area contributed by atoms with Crippen LogP contribution < -0.4 is 10.1 Å². The Morgan fingerprint density at radius 1 is 1.14 bits per heavy atom. The molecule has 2 rings (SSSR count). The Balaban J connectivity index is 1.75. The molecule has 0 aliphatic carbocycles. The fourth-order valence-electron chi connectivity index (χ4n) is 1.74. The van der Waals surface area contributed by atoms with Crippen LogP contribution in [-0.2, 0) is 4.79 Å². The number of carbonyl (C=O) groups is 1. The third kappa shape index (κ3) is 5.29. The van der Waals surface area contributed by atoms with Crippen molar-refractivity contribution in [1.29, 1.82) is 0 Å². The fourth-order valence-corrected chi connectivity index (χ4v) is 2.14. The second-order valence-electron chi connectivity index (χ2n) is 4.43. The number of hydrogen-bond donors (Lipinski definition) is 1. The summed E-state index contributed by atoms with van der Waals surface area (Å²) in [5.41, 5.74) is 0.968. The van der Waals surface area contributed by atoms with Crippen molar-refractivity contribution in [3.63, 3.8) is 0 Å². The van der Waals surface area contributed by atoms with E-state index in [2.05, 4.69) is 5.32 Å². The molecule has 0 aliphatic rings. The van der Waals surface area contributed by atoms with Gasteiger partial charge in [-0.05, 0) is 23.8 Å². The van der Waals surface area contributed by atoms with E-state index in [9.17, 15) is 4.79 Å². The Bertz CT molecular complexity index is 590. The molecule has 0 saturated carbocycles. The van der Waals surface area contributed by atoms with Crippen LogP contribution in [0.1, 0.15) is 10.9 Å². The number of benzene rings is 2. The van der Waals surface area contributed by atoms with Crippen LogP contribution in [0.4, 0.5) is 0 Å². The molecule has 0 heterocycles. The molecule has 1 N–H and O–H groups in total. The lowest BCUT2D eigenvalue weighted by atomic mass is 10.1. The van der Waals surface area contributed by atoms with Gasteiger partial charge in [0, 0.05) is 11.6 Å². The molecule has 1 amide bonds. The summed E-state index contributed by atoms with van der Waals surface area (Å²) in [7, 11) is 0. The highest BCUT2D eigenvalue weighted by atomic mass is 35.5. The van der Waals surface area contributed by atoms with Gasteiger partial charge in [0.2, 0.25) is 0 Å². The first-order valence-electron chi connectivity index (χ1n) is 6.49. The highest BCUT2D eigenvalue weighted by Crippen LogP contribution is 2.19. The van der Waals surface area contributed by atoms with Gasteiger partial charge < -0.3 is 10.1 Å². The van der Waals surface area contributed by atoms with E-state index >= 15 is 0 Å². The van der Waals surface area contributed by atoms with E-state index in [4.69, 9.17) is 27.9 Å². The van der Waals surface area contributed by atoms with Gasteiger partial charge >= 0.3 is 0 Å². The number of nitrogens with one attached hydrogen (secondary N) is 1. The maximum absolute atomic E-state index is 11.7. The van der Waals surface area contributed by atoms with Gasteiger partial charge in [0.15, 0.2) is 6.61 Å². The highest BCUT2D eigenvalue weighted by Gasteiger charge is 2.09. The molecule has 21 heavy (non-hydrogen) atoms. The van der Waals surface area contributed by atoms with Crippen LogP contribution >= 0.6 is 23.2 Å². The summed E-state index contributed by atoms with van der Waals surface area (Å²) in [5, 5.41) is 3.04. The lowest BCUT2D eigenvalue weighted by molar-refractivity contribution is -0.123. The summed E-state index contributed by atoms with van der Waals surface area (Å²) in [5.74, 6) is 0.333. The quantitative estimate of drug-likeness (QED) is 0.821. The average molecular weight is 324 g/mol. The molecule has 0 bridgehead atoms. The molecule has 0 spiro atoms. The van der Waals surface area contributed by atoms with Crippen LogP contribution in [0.2, 0.25) is 5.02 Å². The Hall–Kier alpha value is -1.71. The number of hydrogen-bond acceptors (Lipinski definition) is 2. The van der Waals surface area contributed by atoms with Crippen LogP contribution in [0.15, 0.2) is 54.6 Å². The molecule has 3 nitrogen and oxygen atoms in total. The molecular formula is C16H15Cl2NO2. The Kier molecular flexibility index (Phi) is 5.90. The fraction of sp³-hybridized carbons (Fsp3) is 0.188. The molecule has 0 aliphatic heterocycles. The van der Waals surface area contributed by atoms with Crippen LogP contribution in [0.25, 0.3) is 0 Å². The van der Waals surface area contributed by atoms with E-state index in [1.807, 2.05) is 30.3 Å². The standard InChI is InChI=1S/C16H15Cl2NO2/c17-13-7-4-8-14(9-13)21-11-16(20)19-10-15(18)12-5-2-1-3-6-12/h1-9,15H,10-11H2,(H,19,20). The maximum Gasteiger partial charge on any atom is 0.257 e. The maximum atomic E-state index is 11.7. The predicted molar refractivity (Wildman–Crippen MR) is 85.0 cm³/mol. The molecular weight excluding hydrogens is 309 g/mol. The van der Waals surface area contributed by atoms with E-state index in [1.165, 1.54) is 0 Å². The number of rotatable bonds is 6. The molecule has 5 heteroatoms. The summed E-state index contributed by atoms with van der Waals surface area (Å²) in [6.07, 6.45) is 0. The van der Waals surface area contributed by atoms with Gasteiger partial charge in [-0.2, -0.15) is 0 Å². The van der Waals surface area contributed by atoms with Crippen molar-refractivity contribution in [2.24, 2.45) is 0 Å². The zero-order valence-electron chi connectivity index (χ0n) is 11.3. The number of halogens is 2. The molecule has 110 valence electrons. The second kappa shape index (κ2) is 7.91. The second-order valence-corrected chi connectivity index (χ2v) is 5.39. The van der Waals surface area contributed by atoms with Gasteiger partial charge in [-0.25, -0.2) is 0 Å². The number of amides is 1. The Labute approximate surface area is 133 Å². The van der Waals surface area contributed by atoms with Crippen molar-refractivity contribution in [2.45, 2.75) is 5.38 Å². The van der Waals surface area contributed by atoms with Crippen LogP contribution in [0.3, 0.4) is 0 Å². The monoisotopic (exact) mass is 323 g/mol. The molecule has 0 aromatic heterocycles. The van der Waals surface area contributed by atoms with E-state index in [0.717, 1.165) is 5.56 Å². The summed E-state index contributed by atoms with van der Waals surface area (Å²) in [4.78, 5) is 11.7. The van der Waals surface area contributed by atoms with Crippen molar-refractivity contribution in [3.8, 4) is 5.75 Å². The molecule has 0 radical (unpaired) electrons. The zero-order valence-corrected chi connectivity index (χ0v) is 12.8. The molecule has 1 unspecified atom stereocenters. The van der Waals surface area contributed by atoms with Gasteiger partial charge in [-0.3, -0.25) is 4.79 Å². The van der Waals surface area contributed by atoms with Crippen molar-refractivity contribution in [3.05, 3.63) is 65.2 Å². The van der Waals surface area contributed by atoms with Gasteiger partial charge in [-0.15, -0.1) is 11.6 Å². The van der Waals surface area contributed by atoms with Crippen LogP contribution in [0, 0.1) is 0 Å². The van der Waals surface area contributed by atoms with E-state index in [1.54, 1.807) is 24.3 Å². The van der Waals surface area contributed by atoms with E-state index < -0.39 is 0 Å². The smallest absolute Gasteiger partial charge is 0.257 e. The van der Waals surface area contributed by atoms with Gasteiger partial charge in [0.25, 0.3) is 5.91 Å². The van der Waals surface area contributed by atoms with Crippen molar-refractivity contribution < 1.29 is 9.53 Å². The van der Waals surface area contributed by atoms with E-state index in [0.29, 0.717) is 17.3 Å². The predicted octanol–water partition coefficient (Wildman–Crippen LogP) is 3.82. The third-order valence-corrected chi connectivity index (χ3v) is 3.45. The minimum atomic E-state index is -0.263. The average Bonchev–Trinajstić information content (AvgIpc) is 2.51. The summed E-state index contributed by atoms with van der Waals surface area (Å²) < 4.78 is 5.35. The third-order valence-electron chi connectivity index (χ3n) is 2.81. The van der Waals surface area contributed by atoms with Crippen LogP contribution in [-0.4, -0.2) is 19.1 Å². The normalized spacial score (nSPS) is 11.7. The largest absolute Gasteiger partial charge is 0.484 e. The van der Waals surface area contributed by atoms with Crippen molar-refractivity contribution in [2.75, 3.05) is 13.2 Å². The van der Waals surface area contributed by atoms with Gasteiger partial charge in [0.1, 0.15) is 5.75 Å². The van der Waals surface area contributed by atoms with Gasteiger partial charge in [-0.1, -0.05) is 48.0 Å². The highest BCUT2D eigenvalue weighted by molar-refractivity contribution is 6.30. The summed E-state index contributed by atoms with van der Waals surface area (Å²) in [6.45, 7) is 0.280. The topological polar surface area (TPSA) is 38.3 Å². The zero-order chi connectivity index (χ0) is 15.1. The molecule has 2 aromatic carbocycles. The molecule has 0 saturated heterocycles. The summed E-state index contributed by atoms with van der Waals surface area (Å²) in [6, 6.07) is 16.5. The lowest BCUT2D eigenvalue weighted by Crippen LogP contribution is -2.31. The Morgan fingerprint density at radius 2 is 1.90 bits per heavy atom. The van der Waals surface area contributed by atoms with Gasteiger partial charge in [0.05, 0.1) is 5.38 Å². The number of ether oxygens (including phenoxy) is 1. The summed E-state index contributed by atoms with van der Waals surface area (Å²) >= 11 is 12.0. The minimum absolute atomic E-state index is 0.0707. The Morgan fingerprint density at radius 3 is 2.62 bits per heavy atom. The number of carbonyl (C=O) groups excluding carboxylic acids is 1.